The third-order valence-electron chi connectivity index (χ3n) is 3.38. The Kier molecular flexibility index (Phi) is 3.30. The topological polar surface area (TPSA) is 54.0 Å². The lowest BCUT2D eigenvalue weighted by atomic mass is 10.1. The van der Waals surface area contributed by atoms with Gasteiger partial charge in [0.15, 0.2) is 0 Å². The molecule has 0 bridgehead atoms. The number of pyridine rings is 1. The minimum absolute atomic E-state index is 0.0925. The van der Waals surface area contributed by atoms with E-state index in [1.807, 2.05) is 12.3 Å². The first-order valence-electron chi connectivity index (χ1n) is 7.09. The van der Waals surface area contributed by atoms with Gasteiger partial charge in [-0.1, -0.05) is 6.07 Å². The van der Waals surface area contributed by atoms with Crippen molar-refractivity contribution in [1.82, 2.24) is 4.98 Å². The van der Waals surface area contributed by atoms with Crippen molar-refractivity contribution in [1.29, 1.82) is 0 Å². The van der Waals surface area contributed by atoms with Crippen LogP contribution in [0.15, 0.2) is 30.5 Å². The SMILES string of the molecule is CC(C)Nc1ccc2cc(NC(=O)C3CC3)ncc2c1. The Balaban J connectivity index is 1.82. The first-order valence-corrected chi connectivity index (χ1v) is 7.09. The van der Waals surface area contributed by atoms with Crippen LogP contribution in [0.2, 0.25) is 0 Å². The Morgan fingerprint density at radius 3 is 2.75 bits per heavy atom. The molecule has 1 fully saturated rings. The smallest absolute Gasteiger partial charge is 0.228 e. The van der Waals surface area contributed by atoms with E-state index in [9.17, 15) is 4.79 Å². The molecule has 1 amide bonds. The predicted octanol–water partition coefficient (Wildman–Crippen LogP) is 3.40. The summed E-state index contributed by atoms with van der Waals surface area (Å²) in [4.78, 5) is 16.0. The summed E-state index contributed by atoms with van der Waals surface area (Å²) in [5, 5.41) is 8.40. The van der Waals surface area contributed by atoms with E-state index >= 15 is 0 Å². The van der Waals surface area contributed by atoms with E-state index in [1.165, 1.54) is 0 Å². The lowest BCUT2D eigenvalue weighted by Gasteiger charge is -2.11. The van der Waals surface area contributed by atoms with Gasteiger partial charge in [-0.15, -0.1) is 0 Å². The first kappa shape index (κ1) is 12.9. The van der Waals surface area contributed by atoms with Gasteiger partial charge in [-0.25, -0.2) is 4.98 Å². The first-order chi connectivity index (χ1) is 9.61. The van der Waals surface area contributed by atoms with Crippen molar-refractivity contribution >= 4 is 28.2 Å². The quantitative estimate of drug-likeness (QED) is 0.894. The van der Waals surface area contributed by atoms with Crippen LogP contribution in [0.4, 0.5) is 11.5 Å². The van der Waals surface area contributed by atoms with Gasteiger partial charge in [0.1, 0.15) is 5.82 Å². The van der Waals surface area contributed by atoms with Crippen LogP contribution in [-0.2, 0) is 4.79 Å². The molecule has 1 aliphatic carbocycles. The van der Waals surface area contributed by atoms with Gasteiger partial charge in [0.05, 0.1) is 0 Å². The van der Waals surface area contributed by atoms with Crippen molar-refractivity contribution < 1.29 is 4.79 Å². The molecule has 20 heavy (non-hydrogen) atoms. The number of hydrogen-bond donors (Lipinski definition) is 2. The molecule has 2 aromatic rings. The number of nitrogens with zero attached hydrogens (tertiary/aromatic N) is 1. The van der Waals surface area contributed by atoms with Crippen molar-refractivity contribution in [2.45, 2.75) is 32.7 Å². The van der Waals surface area contributed by atoms with Gasteiger partial charge in [0.25, 0.3) is 0 Å². The molecule has 104 valence electrons. The number of rotatable bonds is 4. The van der Waals surface area contributed by atoms with Crippen molar-refractivity contribution in [3.63, 3.8) is 0 Å². The molecule has 1 heterocycles. The van der Waals surface area contributed by atoms with Crippen molar-refractivity contribution in [3.05, 3.63) is 30.5 Å². The Bertz CT molecular complexity index is 647. The van der Waals surface area contributed by atoms with E-state index in [2.05, 4.69) is 47.7 Å². The second-order valence-corrected chi connectivity index (χ2v) is 5.69. The van der Waals surface area contributed by atoms with Gasteiger partial charge in [0.2, 0.25) is 5.91 Å². The minimum Gasteiger partial charge on any atom is -0.383 e. The maximum absolute atomic E-state index is 11.7. The number of benzene rings is 1. The van der Waals surface area contributed by atoms with Crippen LogP contribution < -0.4 is 10.6 Å². The summed E-state index contributed by atoms with van der Waals surface area (Å²) >= 11 is 0. The largest absolute Gasteiger partial charge is 0.383 e. The van der Waals surface area contributed by atoms with Crippen LogP contribution in [0.25, 0.3) is 10.8 Å². The predicted molar refractivity (Wildman–Crippen MR) is 81.9 cm³/mol. The summed E-state index contributed by atoms with van der Waals surface area (Å²) in [6.45, 7) is 4.22. The maximum Gasteiger partial charge on any atom is 0.228 e. The fourth-order valence-electron chi connectivity index (χ4n) is 2.21. The van der Waals surface area contributed by atoms with Crippen LogP contribution in [0.3, 0.4) is 0 Å². The molecule has 1 aromatic carbocycles. The van der Waals surface area contributed by atoms with Crippen LogP contribution in [0.1, 0.15) is 26.7 Å². The molecule has 2 N–H and O–H groups in total. The van der Waals surface area contributed by atoms with Crippen LogP contribution >= 0.6 is 0 Å². The van der Waals surface area contributed by atoms with Crippen LogP contribution in [-0.4, -0.2) is 16.9 Å². The summed E-state index contributed by atoms with van der Waals surface area (Å²) in [5.41, 5.74) is 1.09. The highest BCUT2D eigenvalue weighted by molar-refractivity contribution is 5.95. The Labute approximate surface area is 118 Å². The van der Waals surface area contributed by atoms with E-state index in [0.717, 1.165) is 29.3 Å². The minimum atomic E-state index is 0.0925. The number of anilines is 2. The molecule has 4 nitrogen and oxygen atoms in total. The highest BCUT2D eigenvalue weighted by atomic mass is 16.2. The molecule has 0 atom stereocenters. The number of carbonyl (C=O) groups is 1. The fraction of sp³-hybridized carbons (Fsp3) is 0.375. The Morgan fingerprint density at radius 1 is 1.25 bits per heavy atom. The molecule has 0 spiro atoms. The molecule has 1 aromatic heterocycles. The Hall–Kier alpha value is -2.10. The van der Waals surface area contributed by atoms with Gasteiger partial charge in [-0.2, -0.15) is 0 Å². The molecule has 0 unspecified atom stereocenters. The van der Waals surface area contributed by atoms with Gasteiger partial charge >= 0.3 is 0 Å². The van der Waals surface area contributed by atoms with E-state index in [4.69, 9.17) is 0 Å². The second-order valence-electron chi connectivity index (χ2n) is 5.69. The Morgan fingerprint density at radius 2 is 2.05 bits per heavy atom. The standard InChI is InChI=1S/C16H19N3O/c1-10(2)18-14-6-5-12-8-15(17-9-13(12)7-14)19-16(20)11-3-4-11/h5-11,18H,3-4H2,1-2H3,(H,17,19,20). The molecular weight excluding hydrogens is 250 g/mol. The van der Waals surface area contributed by atoms with E-state index < -0.39 is 0 Å². The number of nitrogens with one attached hydrogen (secondary N) is 2. The van der Waals surface area contributed by atoms with E-state index in [1.54, 1.807) is 0 Å². The molecular formula is C16H19N3O. The number of carbonyl (C=O) groups excluding carboxylic acids is 1. The molecule has 0 radical (unpaired) electrons. The van der Waals surface area contributed by atoms with Gasteiger partial charge in [0, 0.05) is 29.2 Å². The van der Waals surface area contributed by atoms with E-state index in [-0.39, 0.29) is 11.8 Å². The van der Waals surface area contributed by atoms with Crippen LogP contribution in [0.5, 0.6) is 0 Å². The number of fused-ring (bicyclic) bond motifs is 1. The number of aromatic nitrogens is 1. The zero-order valence-corrected chi connectivity index (χ0v) is 11.8. The molecule has 0 saturated heterocycles. The monoisotopic (exact) mass is 269 g/mol. The number of hydrogen-bond acceptors (Lipinski definition) is 3. The van der Waals surface area contributed by atoms with Crippen molar-refractivity contribution in [3.8, 4) is 0 Å². The number of amides is 1. The zero-order valence-electron chi connectivity index (χ0n) is 11.8. The third-order valence-corrected chi connectivity index (χ3v) is 3.38. The third kappa shape index (κ3) is 2.90. The van der Waals surface area contributed by atoms with Crippen molar-refractivity contribution in [2.75, 3.05) is 10.6 Å². The molecule has 1 saturated carbocycles. The van der Waals surface area contributed by atoms with Crippen LogP contribution in [0, 0.1) is 5.92 Å². The highest BCUT2D eigenvalue weighted by Gasteiger charge is 2.29. The lowest BCUT2D eigenvalue weighted by molar-refractivity contribution is -0.117. The average Bonchev–Trinajstić information content (AvgIpc) is 3.22. The maximum atomic E-state index is 11.7. The van der Waals surface area contributed by atoms with Gasteiger partial charge in [-0.3, -0.25) is 4.79 Å². The van der Waals surface area contributed by atoms with Crippen molar-refractivity contribution in [2.24, 2.45) is 5.92 Å². The zero-order chi connectivity index (χ0) is 14.1. The molecule has 1 aliphatic rings. The van der Waals surface area contributed by atoms with Gasteiger partial charge in [-0.05, 0) is 50.3 Å². The highest BCUT2D eigenvalue weighted by Crippen LogP contribution is 2.30. The average molecular weight is 269 g/mol. The summed E-state index contributed by atoms with van der Waals surface area (Å²) in [5.74, 6) is 0.930. The lowest BCUT2D eigenvalue weighted by Crippen LogP contribution is -2.14. The summed E-state index contributed by atoms with van der Waals surface area (Å²) in [6, 6.07) is 8.50. The molecule has 0 aliphatic heterocycles. The normalized spacial score (nSPS) is 14.6. The fourth-order valence-corrected chi connectivity index (χ4v) is 2.21. The summed E-state index contributed by atoms with van der Waals surface area (Å²) in [6.07, 6.45) is 3.82. The van der Waals surface area contributed by atoms with Gasteiger partial charge < -0.3 is 10.6 Å². The summed E-state index contributed by atoms with van der Waals surface area (Å²) < 4.78 is 0. The van der Waals surface area contributed by atoms with E-state index in [0.29, 0.717) is 11.9 Å². The molecule has 4 heteroatoms. The summed E-state index contributed by atoms with van der Waals surface area (Å²) in [7, 11) is 0. The molecule has 3 rings (SSSR count). The second kappa shape index (κ2) is 5.12.